The van der Waals surface area contributed by atoms with Gasteiger partial charge in [-0.3, -0.25) is 4.79 Å². The largest absolute Gasteiger partial charge is 0.459 e. The highest BCUT2D eigenvalue weighted by Gasteiger charge is 2.23. The van der Waals surface area contributed by atoms with Crippen LogP contribution in [0.4, 0.5) is 0 Å². The quantitative estimate of drug-likeness (QED) is 0.534. The van der Waals surface area contributed by atoms with Crippen LogP contribution in [-0.2, 0) is 4.74 Å². The molecule has 0 radical (unpaired) electrons. The van der Waals surface area contributed by atoms with Crippen molar-refractivity contribution < 1.29 is 14.3 Å². The number of H-pyrrole nitrogens is 1. The van der Waals surface area contributed by atoms with Crippen LogP contribution in [0.3, 0.4) is 0 Å². The van der Waals surface area contributed by atoms with Crippen LogP contribution in [0.5, 0.6) is 0 Å². The van der Waals surface area contributed by atoms with Gasteiger partial charge in [0.1, 0.15) is 5.69 Å². The number of aromatic amines is 1. The van der Waals surface area contributed by atoms with Crippen molar-refractivity contribution in [2.24, 2.45) is 0 Å². The van der Waals surface area contributed by atoms with Crippen molar-refractivity contribution in [2.45, 2.75) is 47.1 Å². The van der Waals surface area contributed by atoms with Gasteiger partial charge in [0.15, 0.2) is 0 Å². The van der Waals surface area contributed by atoms with Crippen molar-refractivity contribution in [3.63, 3.8) is 0 Å². The molecule has 2 N–H and O–H groups in total. The highest BCUT2D eigenvalue weighted by molar-refractivity contribution is 6.00. The van der Waals surface area contributed by atoms with E-state index in [-0.39, 0.29) is 18.0 Å². The van der Waals surface area contributed by atoms with Gasteiger partial charge in [-0.15, -0.1) is 0 Å². The summed E-state index contributed by atoms with van der Waals surface area (Å²) in [6.45, 7) is 16.6. The number of carbonyl (C=O) groups is 2. The van der Waals surface area contributed by atoms with Gasteiger partial charge >= 0.3 is 5.97 Å². The van der Waals surface area contributed by atoms with E-state index in [4.69, 9.17) is 4.74 Å². The molecule has 1 fully saturated rings. The van der Waals surface area contributed by atoms with Crippen molar-refractivity contribution in [3.8, 4) is 0 Å². The number of piperazine rings is 1. The Morgan fingerprint density at radius 3 is 2.37 bits per heavy atom. The summed E-state index contributed by atoms with van der Waals surface area (Å²) in [5, 5.41) is 2.96. The normalized spacial score (nSPS) is 15.9. The van der Waals surface area contributed by atoms with Crippen LogP contribution in [0.15, 0.2) is 0 Å². The van der Waals surface area contributed by atoms with E-state index in [1.54, 1.807) is 13.8 Å². The lowest BCUT2D eigenvalue weighted by atomic mass is 10.1. The van der Waals surface area contributed by atoms with E-state index in [2.05, 4.69) is 27.0 Å². The van der Waals surface area contributed by atoms with Gasteiger partial charge in [-0.2, -0.15) is 0 Å². The average molecular weight is 379 g/mol. The number of nitrogens with zero attached hydrogens (tertiary/aromatic N) is 2. The summed E-state index contributed by atoms with van der Waals surface area (Å²) < 4.78 is 5.27. The van der Waals surface area contributed by atoms with Crippen molar-refractivity contribution in [1.82, 2.24) is 20.1 Å². The first-order valence-corrected chi connectivity index (χ1v) is 9.96. The number of hydrogen-bond acceptors (Lipinski definition) is 5. The molecule has 7 heteroatoms. The zero-order valence-electron chi connectivity index (χ0n) is 17.4. The Kier molecular flexibility index (Phi) is 7.86. The van der Waals surface area contributed by atoms with Gasteiger partial charge in [0.05, 0.1) is 11.7 Å². The van der Waals surface area contributed by atoms with Crippen LogP contribution in [0, 0.1) is 13.8 Å². The van der Waals surface area contributed by atoms with Gasteiger partial charge in [0.2, 0.25) is 0 Å². The molecule has 0 unspecified atom stereocenters. The Balaban J connectivity index is 1.82. The summed E-state index contributed by atoms with van der Waals surface area (Å²) in [5.74, 6) is -0.559. The standard InChI is InChI=1S/C20H34N4O3/c1-6-23-10-12-24(13-11-23)9-7-8-21-19(25)18-15(4)17(16(5)22-18)20(26)27-14(2)3/h14,22H,6-13H2,1-5H3,(H,21,25). The number of aromatic nitrogens is 1. The molecule has 1 aromatic rings. The van der Waals surface area contributed by atoms with Crippen LogP contribution >= 0.6 is 0 Å². The Morgan fingerprint density at radius 1 is 1.15 bits per heavy atom. The molecule has 27 heavy (non-hydrogen) atoms. The number of likely N-dealkylation sites (N-methyl/N-ethyl adjacent to an activating group) is 1. The highest BCUT2D eigenvalue weighted by Crippen LogP contribution is 2.19. The lowest BCUT2D eigenvalue weighted by Gasteiger charge is -2.33. The monoisotopic (exact) mass is 378 g/mol. The summed E-state index contributed by atoms with van der Waals surface area (Å²) in [4.78, 5) is 32.7. The minimum Gasteiger partial charge on any atom is -0.459 e. The third-order valence-corrected chi connectivity index (χ3v) is 5.06. The van der Waals surface area contributed by atoms with E-state index >= 15 is 0 Å². The number of ether oxygens (including phenoxy) is 1. The van der Waals surface area contributed by atoms with Gasteiger partial charge in [0, 0.05) is 38.4 Å². The van der Waals surface area contributed by atoms with E-state index < -0.39 is 0 Å². The smallest absolute Gasteiger partial charge is 0.340 e. The molecule has 1 aliphatic heterocycles. The maximum Gasteiger partial charge on any atom is 0.340 e. The lowest BCUT2D eigenvalue weighted by molar-refractivity contribution is 0.0376. The topological polar surface area (TPSA) is 77.7 Å². The minimum absolute atomic E-state index is 0.171. The fourth-order valence-corrected chi connectivity index (χ4v) is 3.48. The second-order valence-corrected chi connectivity index (χ2v) is 7.46. The second kappa shape index (κ2) is 9.90. The fourth-order valence-electron chi connectivity index (χ4n) is 3.48. The third kappa shape index (κ3) is 5.81. The van der Waals surface area contributed by atoms with Gasteiger partial charge in [-0.1, -0.05) is 6.92 Å². The van der Waals surface area contributed by atoms with Gasteiger partial charge in [-0.05, 0) is 52.8 Å². The number of nitrogens with one attached hydrogen (secondary N) is 2. The van der Waals surface area contributed by atoms with Gasteiger partial charge < -0.3 is 24.8 Å². The number of carbonyl (C=O) groups excluding carboxylic acids is 2. The van der Waals surface area contributed by atoms with Crippen LogP contribution in [0.25, 0.3) is 0 Å². The molecule has 1 saturated heterocycles. The number of amides is 1. The first-order valence-electron chi connectivity index (χ1n) is 9.96. The van der Waals surface area contributed by atoms with Crippen LogP contribution < -0.4 is 5.32 Å². The summed E-state index contributed by atoms with van der Waals surface area (Å²) in [5.41, 5.74) is 2.21. The number of rotatable bonds is 8. The maximum absolute atomic E-state index is 12.5. The zero-order chi connectivity index (χ0) is 20.0. The summed E-state index contributed by atoms with van der Waals surface area (Å²) >= 11 is 0. The number of aryl methyl sites for hydroxylation is 1. The Labute approximate surface area is 162 Å². The molecule has 0 saturated carbocycles. The van der Waals surface area contributed by atoms with Crippen LogP contribution in [0.2, 0.25) is 0 Å². The molecule has 0 atom stereocenters. The van der Waals surface area contributed by atoms with E-state index in [1.807, 2.05) is 13.8 Å². The molecule has 1 amide bonds. The molecule has 1 aromatic heterocycles. The summed E-state index contributed by atoms with van der Waals surface area (Å²) in [6.07, 6.45) is 0.724. The molecular weight excluding hydrogens is 344 g/mol. The van der Waals surface area contributed by atoms with E-state index in [9.17, 15) is 9.59 Å². The van der Waals surface area contributed by atoms with E-state index in [0.29, 0.717) is 29.1 Å². The second-order valence-electron chi connectivity index (χ2n) is 7.46. The predicted octanol–water partition coefficient (Wildman–Crippen LogP) is 1.95. The molecule has 0 aromatic carbocycles. The molecule has 0 bridgehead atoms. The fraction of sp³-hybridized carbons (Fsp3) is 0.700. The number of esters is 1. The molecule has 0 spiro atoms. The van der Waals surface area contributed by atoms with Crippen LogP contribution in [-0.4, -0.2) is 78.6 Å². The molecule has 7 nitrogen and oxygen atoms in total. The van der Waals surface area contributed by atoms with Gasteiger partial charge in [0.25, 0.3) is 5.91 Å². The average Bonchev–Trinajstić information content (AvgIpc) is 2.93. The van der Waals surface area contributed by atoms with Crippen molar-refractivity contribution >= 4 is 11.9 Å². The first kappa shape index (κ1) is 21.4. The zero-order valence-corrected chi connectivity index (χ0v) is 17.4. The third-order valence-electron chi connectivity index (χ3n) is 5.06. The molecule has 1 aliphatic rings. The number of hydrogen-bond donors (Lipinski definition) is 2. The molecule has 0 aliphatic carbocycles. The van der Waals surface area contributed by atoms with Crippen molar-refractivity contribution in [3.05, 3.63) is 22.5 Å². The van der Waals surface area contributed by atoms with E-state index in [1.165, 1.54) is 0 Å². The molecule has 152 valence electrons. The van der Waals surface area contributed by atoms with Crippen molar-refractivity contribution in [2.75, 3.05) is 45.8 Å². The summed E-state index contributed by atoms with van der Waals surface area (Å²) in [6, 6.07) is 0. The minimum atomic E-state index is -0.387. The lowest BCUT2D eigenvalue weighted by Crippen LogP contribution is -2.46. The van der Waals surface area contributed by atoms with Crippen LogP contribution in [0.1, 0.15) is 59.3 Å². The summed E-state index contributed by atoms with van der Waals surface area (Å²) in [7, 11) is 0. The maximum atomic E-state index is 12.5. The Bertz CT molecular complexity index is 646. The van der Waals surface area contributed by atoms with Crippen molar-refractivity contribution in [1.29, 1.82) is 0 Å². The molecule has 2 heterocycles. The Hall–Kier alpha value is -1.86. The first-order chi connectivity index (χ1) is 12.8. The molecular formula is C20H34N4O3. The highest BCUT2D eigenvalue weighted by atomic mass is 16.5. The SMILES string of the molecule is CCN1CCN(CCCNC(=O)c2[nH]c(C)c(C(=O)OC(C)C)c2C)CC1. The van der Waals surface area contributed by atoms with E-state index in [0.717, 1.165) is 45.7 Å². The predicted molar refractivity (Wildman–Crippen MR) is 106 cm³/mol. The Morgan fingerprint density at radius 2 is 1.78 bits per heavy atom. The molecule has 2 rings (SSSR count). The van der Waals surface area contributed by atoms with Gasteiger partial charge in [-0.25, -0.2) is 4.79 Å².